The summed E-state index contributed by atoms with van der Waals surface area (Å²) in [6.07, 6.45) is 10.1. The minimum absolute atomic E-state index is 0.547. The van der Waals surface area contributed by atoms with Gasteiger partial charge in [0.05, 0.1) is 5.69 Å². The van der Waals surface area contributed by atoms with Gasteiger partial charge in [0, 0.05) is 56.7 Å². The van der Waals surface area contributed by atoms with Crippen molar-refractivity contribution in [3.05, 3.63) is 121 Å². The lowest BCUT2D eigenvalue weighted by Crippen LogP contribution is -2.27. The molecule has 0 bridgehead atoms. The molecule has 4 aromatic rings. The van der Waals surface area contributed by atoms with E-state index in [1.54, 1.807) is 6.20 Å². The smallest absolute Gasteiger partial charge is 0.0529 e. The van der Waals surface area contributed by atoms with Crippen molar-refractivity contribution < 1.29 is 0 Å². The molecule has 200 valence electrons. The Bertz CT molecular complexity index is 1340. The Morgan fingerprint density at radius 2 is 1.54 bits per heavy atom. The largest absolute Gasteiger partial charge is 0.380 e. The highest BCUT2D eigenvalue weighted by Crippen LogP contribution is 2.35. The second-order valence-corrected chi connectivity index (χ2v) is 10.8. The van der Waals surface area contributed by atoms with E-state index >= 15 is 0 Å². The first kappa shape index (κ1) is 26.6. The van der Waals surface area contributed by atoms with E-state index < -0.39 is 0 Å². The molecule has 0 aliphatic heterocycles. The second kappa shape index (κ2) is 12.7. The quantitative estimate of drug-likeness (QED) is 0.229. The number of aromatic nitrogens is 1. The van der Waals surface area contributed by atoms with Crippen LogP contribution >= 0.6 is 0 Å². The molecule has 1 N–H and O–H groups in total. The summed E-state index contributed by atoms with van der Waals surface area (Å²) in [6, 6.07) is 30.7. The van der Waals surface area contributed by atoms with Crippen molar-refractivity contribution in [3.63, 3.8) is 0 Å². The summed E-state index contributed by atoms with van der Waals surface area (Å²) in [5, 5.41) is 3.49. The first-order valence-corrected chi connectivity index (χ1v) is 14.1. The molecule has 0 radical (unpaired) electrons. The maximum atomic E-state index is 4.66. The van der Waals surface area contributed by atoms with E-state index in [0.717, 1.165) is 18.8 Å². The molecule has 4 nitrogen and oxygen atoms in total. The third kappa shape index (κ3) is 6.88. The fourth-order valence-electron chi connectivity index (χ4n) is 5.46. The van der Waals surface area contributed by atoms with E-state index in [0.29, 0.717) is 5.92 Å². The fourth-order valence-corrected chi connectivity index (χ4v) is 5.46. The lowest BCUT2D eigenvalue weighted by molar-refractivity contribution is 0.396. The summed E-state index contributed by atoms with van der Waals surface area (Å²) in [4.78, 5) is 8.79. The van der Waals surface area contributed by atoms with E-state index in [1.807, 2.05) is 18.3 Å². The number of nitrogens with one attached hydrogen (secondary N) is 1. The number of benzene rings is 3. The molecule has 1 fully saturated rings. The second-order valence-electron chi connectivity index (χ2n) is 10.8. The van der Waals surface area contributed by atoms with Gasteiger partial charge in [-0.25, -0.2) is 0 Å². The van der Waals surface area contributed by atoms with Crippen molar-refractivity contribution in [2.45, 2.75) is 45.2 Å². The lowest BCUT2D eigenvalue weighted by Gasteiger charge is -2.34. The maximum Gasteiger partial charge on any atom is 0.0529 e. The zero-order valence-corrected chi connectivity index (χ0v) is 23.3. The Morgan fingerprint density at radius 3 is 2.21 bits per heavy atom. The Kier molecular flexibility index (Phi) is 8.62. The van der Waals surface area contributed by atoms with Gasteiger partial charge >= 0.3 is 0 Å². The molecular weight excluding hydrogens is 476 g/mol. The summed E-state index contributed by atoms with van der Waals surface area (Å²) in [6.45, 7) is 6.23. The molecule has 1 aliphatic rings. The van der Waals surface area contributed by atoms with Crippen LogP contribution in [0, 0.1) is 5.92 Å². The molecular formula is C35H40N4. The molecule has 3 aromatic carbocycles. The van der Waals surface area contributed by atoms with Gasteiger partial charge in [0.1, 0.15) is 0 Å². The first-order chi connectivity index (χ1) is 19.1. The predicted molar refractivity (Wildman–Crippen MR) is 166 cm³/mol. The summed E-state index contributed by atoms with van der Waals surface area (Å²) in [5.41, 5.74) is 9.71. The van der Waals surface area contributed by atoms with Crippen LogP contribution in [0.15, 0.2) is 110 Å². The molecule has 1 aliphatic carbocycles. The highest BCUT2D eigenvalue weighted by Gasteiger charge is 2.22. The molecule has 1 saturated carbocycles. The van der Waals surface area contributed by atoms with Gasteiger partial charge in [-0.05, 0) is 77.4 Å². The third-order valence-corrected chi connectivity index (χ3v) is 7.82. The number of hydrogen-bond acceptors (Lipinski definition) is 4. The van der Waals surface area contributed by atoms with Crippen LogP contribution in [-0.2, 0) is 13.1 Å². The van der Waals surface area contributed by atoms with E-state index in [9.17, 15) is 0 Å². The number of pyridine rings is 1. The van der Waals surface area contributed by atoms with Gasteiger partial charge in [0.15, 0.2) is 0 Å². The average Bonchev–Trinajstić information content (AvgIpc) is 3.00. The molecule has 1 aromatic heterocycles. The third-order valence-electron chi connectivity index (χ3n) is 7.82. The van der Waals surface area contributed by atoms with Gasteiger partial charge < -0.3 is 15.1 Å². The number of hydrogen-bond donors (Lipinski definition) is 1. The Hall–Kier alpha value is -4.05. The van der Waals surface area contributed by atoms with Crippen LogP contribution < -0.4 is 15.1 Å². The molecule has 0 unspecified atom stereocenters. The number of rotatable bonds is 10. The molecule has 0 amide bonds. The standard InChI is InChI=1S/C35H40N4/c1-27(30-10-5-4-6-11-30)39(35-13-7-9-29(23-35)24-37-33-12-8-22-36-25-33)26-28-14-16-31(17-15-28)32-18-20-34(21-19-32)38(2)3/h7-9,12-23,25,30,37H,1,4-6,10-11,24,26H2,2-3H3. The van der Waals surface area contributed by atoms with Crippen molar-refractivity contribution in [1.82, 2.24) is 4.98 Å². The zero-order valence-electron chi connectivity index (χ0n) is 23.3. The number of nitrogens with zero attached hydrogens (tertiary/aromatic N) is 3. The van der Waals surface area contributed by atoms with Crippen LogP contribution in [0.5, 0.6) is 0 Å². The summed E-state index contributed by atoms with van der Waals surface area (Å²) >= 11 is 0. The molecule has 0 spiro atoms. The summed E-state index contributed by atoms with van der Waals surface area (Å²) in [7, 11) is 4.15. The van der Waals surface area contributed by atoms with Crippen LogP contribution in [0.2, 0.25) is 0 Å². The van der Waals surface area contributed by atoms with Crippen LogP contribution in [0.1, 0.15) is 43.2 Å². The molecule has 39 heavy (non-hydrogen) atoms. The van der Waals surface area contributed by atoms with Crippen LogP contribution in [0.25, 0.3) is 11.1 Å². The van der Waals surface area contributed by atoms with Crippen molar-refractivity contribution >= 4 is 17.1 Å². The number of allylic oxidation sites excluding steroid dienone is 1. The maximum absolute atomic E-state index is 4.66. The minimum atomic E-state index is 0.547. The topological polar surface area (TPSA) is 31.4 Å². The molecule has 0 saturated heterocycles. The van der Waals surface area contributed by atoms with Crippen molar-refractivity contribution in [2.75, 3.05) is 29.2 Å². The average molecular weight is 517 g/mol. The Labute approximate surface area is 234 Å². The van der Waals surface area contributed by atoms with Gasteiger partial charge in [0.25, 0.3) is 0 Å². The molecule has 0 atom stereocenters. The highest BCUT2D eigenvalue weighted by molar-refractivity contribution is 5.66. The monoisotopic (exact) mass is 516 g/mol. The normalized spacial score (nSPS) is 13.6. The van der Waals surface area contributed by atoms with Crippen molar-refractivity contribution in [1.29, 1.82) is 0 Å². The Morgan fingerprint density at radius 1 is 0.821 bits per heavy atom. The van der Waals surface area contributed by atoms with Gasteiger partial charge in [-0.2, -0.15) is 0 Å². The highest BCUT2D eigenvalue weighted by atomic mass is 15.1. The predicted octanol–water partition coefficient (Wildman–Crippen LogP) is 8.53. The van der Waals surface area contributed by atoms with Gasteiger partial charge in [-0.15, -0.1) is 0 Å². The Balaban J connectivity index is 1.36. The van der Waals surface area contributed by atoms with Gasteiger partial charge in [-0.3, -0.25) is 4.98 Å². The van der Waals surface area contributed by atoms with Crippen LogP contribution in [-0.4, -0.2) is 19.1 Å². The van der Waals surface area contributed by atoms with E-state index in [4.69, 9.17) is 0 Å². The van der Waals surface area contributed by atoms with E-state index in [1.165, 1.54) is 71.4 Å². The van der Waals surface area contributed by atoms with Gasteiger partial charge in [0.2, 0.25) is 0 Å². The summed E-state index contributed by atoms with van der Waals surface area (Å²) < 4.78 is 0. The van der Waals surface area contributed by atoms with Crippen LogP contribution in [0.4, 0.5) is 17.1 Å². The fraction of sp³-hybridized carbons (Fsp3) is 0.286. The first-order valence-electron chi connectivity index (χ1n) is 14.1. The van der Waals surface area contributed by atoms with E-state index in [2.05, 4.69) is 114 Å². The SMILES string of the molecule is C=C(C1CCCCC1)N(Cc1ccc(-c2ccc(N(C)C)cc2)cc1)c1cccc(CNc2cccnc2)c1. The minimum Gasteiger partial charge on any atom is -0.380 e. The summed E-state index contributed by atoms with van der Waals surface area (Å²) in [5.74, 6) is 0.547. The number of anilines is 3. The van der Waals surface area contributed by atoms with Gasteiger partial charge in [-0.1, -0.05) is 74.4 Å². The zero-order chi connectivity index (χ0) is 27.0. The van der Waals surface area contributed by atoms with Crippen molar-refractivity contribution in [2.24, 2.45) is 5.92 Å². The van der Waals surface area contributed by atoms with Crippen LogP contribution in [0.3, 0.4) is 0 Å². The van der Waals surface area contributed by atoms with E-state index in [-0.39, 0.29) is 0 Å². The van der Waals surface area contributed by atoms with Crippen molar-refractivity contribution in [3.8, 4) is 11.1 Å². The lowest BCUT2D eigenvalue weighted by atomic mass is 9.86. The molecule has 5 rings (SSSR count). The molecule has 4 heteroatoms. The molecule has 1 heterocycles.